The van der Waals surface area contributed by atoms with Crippen LogP contribution in [-0.2, 0) is 6.54 Å². The fourth-order valence-corrected chi connectivity index (χ4v) is 1.85. The molecule has 2 rings (SSSR count). The average molecular weight is 209 g/mol. The molecule has 3 heteroatoms. The van der Waals surface area contributed by atoms with Gasteiger partial charge in [-0.05, 0) is 25.8 Å². The summed E-state index contributed by atoms with van der Waals surface area (Å²) < 4.78 is 13.3. The zero-order chi connectivity index (χ0) is 10.8. The van der Waals surface area contributed by atoms with Gasteiger partial charge in [0.2, 0.25) is 0 Å². The highest BCUT2D eigenvalue weighted by Crippen LogP contribution is 2.20. The number of aliphatic hydroxyl groups excluding tert-OH is 1. The summed E-state index contributed by atoms with van der Waals surface area (Å²) in [4.78, 5) is 0. The number of aryl methyl sites for hydroxylation is 1. The molecule has 2 nitrogen and oxygen atoms in total. The third-order valence-electron chi connectivity index (χ3n) is 2.90. The maximum atomic E-state index is 13.3. The summed E-state index contributed by atoms with van der Waals surface area (Å²) in [6.07, 6.45) is 1.41. The molecular weight excluding hydrogens is 193 g/mol. The highest BCUT2D eigenvalue weighted by Gasteiger charge is 2.26. The van der Waals surface area contributed by atoms with Crippen LogP contribution < -0.4 is 5.32 Å². The first-order valence-corrected chi connectivity index (χ1v) is 5.31. The van der Waals surface area contributed by atoms with Gasteiger partial charge >= 0.3 is 0 Å². The molecule has 0 heterocycles. The van der Waals surface area contributed by atoms with Gasteiger partial charge in [0.15, 0.2) is 0 Å². The van der Waals surface area contributed by atoms with Crippen LogP contribution >= 0.6 is 0 Å². The van der Waals surface area contributed by atoms with Crippen molar-refractivity contribution in [3.8, 4) is 0 Å². The van der Waals surface area contributed by atoms with Crippen molar-refractivity contribution in [3.63, 3.8) is 0 Å². The summed E-state index contributed by atoms with van der Waals surface area (Å²) in [5.74, 6) is -0.159. The average Bonchev–Trinajstić information content (AvgIpc) is 2.16. The number of aliphatic hydroxyl groups is 1. The normalized spacial score (nSPS) is 25.0. The zero-order valence-corrected chi connectivity index (χ0v) is 8.83. The maximum Gasteiger partial charge on any atom is 0.127 e. The Morgan fingerprint density at radius 1 is 1.47 bits per heavy atom. The first-order chi connectivity index (χ1) is 7.15. The van der Waals surface area contributed by atoms with Gasteiger partial charge in [0.1, 0.15) is 5.82 Å². The number of nitrogens with one attached hydrogen (secondary N) is 1. The minimum Gasteiger partial charge on any atom is -0.393 e. The number of hydrogen-bond acceptors (Lipinski definition) is 2. The molecule has 0 radical (unpaired) electrons. The van der Waals surface area contributed by atoms with Gasteiger partial charge < -0.3 is 10.4 Å². The molecule has 1 aromatic carbocycles. The molecule has 1 aromatic rings. The van der Waals surface area contributed by atoms with E-state index in [-0.39, 0.29) is 11.9 Å². The molecule has 0 aliphatic heterocycles. The number of halogens is 1. The second kappa shape index (κ2) is 4.29. The molecule has 1 aliphatic carbocycles. The summed E-state index contributed by atoms with van der Waals surface area (Å²) in [5.41, 5.74) is 1.78. The van der Waals surface area contributed by atoms with Gasteiger partial charge in [-0.2, -0.15) is 0 Å². The Labute approximate surface area is 89.1 Å². The van der Waals surface area contributed by atoms with Crippen molar-refractivity contribution in [2.24, 2.45) is 0 Å². The van der Waals surface area contributed by atoms with E-state index < -0.39 is 0 Å². The zero-order valence-electron chi connectivity index (χ0n) is 8.83. The smallest absolute Gasteiger partial charge is 0.127 e. The summed E-state index contributed by atoms with van der Waals surface area (Å²) in [6.45, 7) is 2.50. The highest BCUT2D eigenvalue weighted by atomic mass is 19.1. The van der Waals surface area contributed by atoms with Crippen LogP contribution in [0.3, 0.4) is 0 Å². The Balaban J connectivity index is 1.90. The molecule has 1 saturated carbocycles. The van der Waals surface area contributed by atoms with Crippen LogP contribution in [0.1, 0.15) is 24.0 Å². The third kappa shape index (κ3) is 2.55. The molecule has 0 aromatic heterocycles. The van der Waals surface area contributed by atoms with Crippen LogP contribution in [-0.4, -0.2) is 17.3 Å². The fourth-order valence-electron chi connectivity index (χ4n) is 1.85. The van der Waals surface area contributed by atoms with E-state index >= 15 is 0 Å². The third-order valence-corrected chi connectivity index (χ3v) is 2.90. The van der Waals surface area contributed by atoms with E-state index in [0.29, 0.717) is 18.2 Å². The molecule has 2 N–H and O–H groups in total. The van der Waals surface area contributed by atoms with Crippen LogP contribution in [0.15, 0.2) is 18.2 Å². The van der Waals surface area contributed by atoms with Crippen molar-refractivity contribution in [1.82, 2.24) is 5.32 Å². The molecule has 0 bridgehead atoms. The Hall–Kier alpha value is -0.930. The number of hydrogen-bond donors (Lipinski definition) is 2. The molecule has 0 unspecified atom stereocenters. The van der Waals surface area contributed by atoms with Crippen molar-refractivity contribution in [2.75, 3.05) is 0 Å². The molecule has 0 amide bonds. The fraction of sp³-hybridized carbons (Fsp3) is 0.500. The summed E-state index contributed by atoms with van der Waals surface area (Å²) in [5, 5.41) is 12.3. The molecule has 0 atom stereocenters. The first-order valence-electron chi connectivity index (χ1n) is 5.31. The summed E-state index contributed by atoms with van der Waals surface area (Å²) >= 11 is 0. The van der Waals surface area contributed by atoms with E-state index in [1.807, 2.05) is 13.0 Å². The predicted molar refractivity (Wildman–Crippen MR) is 57.0 cm³/mol. The van der Waals surface area contributed by atoms with Gasteiger partial charge in [-0.1, -0.05) is 17.7 Å². The SMILES string of the molecule is Cc1ccc(F)c(CNC2CC(O)C2)c1. The molecule has 15 heavy (non-hydrogen) atoms. The van der Waals surface area contributed by atoms with Crippen LogP contribution in [0.4, 0.5) is 4.39 Å². The summed E-state index contributed by atoms with van der Waals surface area (Å²) in [6, 6.07) is 5.48. The molecule has 0 spiro atoms. The van der Waals surface area contributed by atoms with Crippen LogP contribution in [0.25, 0.3) is 0 Å². The van der Waals surface area contributed by atoms with Crippen LogP contribution in [0.2, 0.25) is 0 Å². The lowest BCUT2D eigenvalue weighted by Gasteiger charge is -2.32. The van der Waals surface area contributed by atoms with Gasteiger partial charge in [-0.25, -0.2) is 4.39 Å². The Morgan fingerprint density at radius 2 is 2.20 bits per heavy atom. The quantitative estimate of drug-likeness (QED) is 0.795. The lowest BCUT2D eigenvalue weighted by Crippen LogP contribution is -2.43. The lowest BCUT2D eigenvalue weighted by atomic mass is 9.89. The lowest BCUT2D eigenvalue weighted by molar-refractivity contribution is 0.0618. The second-order valence-electron chi connectivity index (χ2n) is 4.30. The standard InChI is InChI=1S/C12H16FNO/c1-8-2-3-12(13)9(4-8)7-14-10-5-11(15)6-10/h2-4,10-11,14-15H,5-7H2,1H3. The van der Waals surface area contributed by atoms with Gasteiger partial charge in [0.25, 0.3) is 0 Å². The van der Waals surface area contributed by atoms with E-state index in [1.54, 1.807) is 6.07 Å². The van der Waals surface area contributed by atoms with Gasteiger partial charge in [0.05, 0.1) is 6.10 Å². The Bertz CT molecular complexity index is 347. The Kier molecular flexibility index (Phi) is 3.03. The van der Waals surface area contributed by atoms with Crippen molar-refractivity contribution in [2.45, 2.75) is 38.5 Å². The van der Waals surface area contributed by atoms with E-state index in [2.05, 4.69) is 5.32 Å². The van der Waals surface area contributed by atoms with Crippen LogP contribution in [0, 0.1) is 12.7 Å². The first kappa shape index (κ1) is 10.6. The molecule has 0 saturated heterocycles. The van der Waals surface area contributed by atoms with E-state index in [9.17, 15) is 4.39 Å². The predicted octanol–water partition coefficient (Wildman–Crippen LogP) is 1.75. The van der Waals surface area contributed by atoms with Gasteiger partial charge in [-0.3, -0.25) is 0 Å². The van der Waals surface area contributed by atoms with E-state index in [0.717, 1.165) is 18.4 Å². The number of rotatable bonds is 3. The maximum absolute atomic E-state index is 13.3. The monoisotopic (exact) mass is 209 g/mol. The van der Waals surface area contributed by atoms with E-state index in [4.69, 9.17) is 5.11 Å². The molecule has 1 aliphatic rings. The Morgan fingerprint density at radius 3 is 2.87 bits per heavy atom. The largest absolute Gasteiger partial charge is 0.393 e. The topological polar surface area (TPSA) is 32.3 Å². The number of benzene rings is 1. The minimum atomic E-state index is -0.162. The van der Waals surface area contributed by atoms with E-state index in [1.165, 1.54) is 6.07 Å². The molecular formula is C12H16FNO. The summed E-state index contributed by atoms with van der Waals surface area (Å²) in [7, 11) is 0. The van der Waals surface area contributed by atoms with Crippen molar-refractivity contribution in [1.29, 1.82) is 0 Å². The van der Waals surface area contributed by atoms with Crippen molar-refractivity contribution in [3.05, 3.63) is 35.1 Å². The van der Waals surface area contributed by atoms with Gasteiger partial charge in [-0.15, -0.1) is 0 Å². The molecule has 1 fully saturated rings. The van der Waals surface area contributed by atoms with Gasteiger partial charge in [0, 0.05) is 18.2 Å². The highest BCUT2D eigenvalue weighted by molar-refractivity contribution is 5.24. The molecule has 82 valence electrons. The minimum absolute atomic E-state index is 0.159. The second-order valence-corrected chi connectivity index (χ2v) is 4.30. The van der Waals surface area contributed by atoms with Crippen LogP contribution in [0.5, 0.6) is 0 Å². The van der Waals surface area contributed by atoms with Crippen molar-refractivity contribution < 1.29 is 9.50 Å². The van der Waals surface area contributed by atoms with Crippen molar-refractivity contribution >= 4 is 0 Å².